The number of rotatable bonds is 4. The number of carbonyl (C=O) groups excluding carboxylic acids is 3. The molecule has 0 aromatic heterocycles. The number of ether oxygens (including phenoxy) is 1. The second-order valence-electron chi connectivity index (χ2n) is 8.18. The van der Waals surface area contributed by atoms with Gasteiger partial charge >= 0.3 is 0 Å². The Morgan fingerprint density at radius 2 is 1.73 bits per heavy atom. The first kappa shape index (κ1) is 20.1. The van der Waals surface area contributed by atoms with Crippen LogP contribution in [0, 0.1) is 6.92 Å². The summed E-state index contributed by atoms with van der Waals surface area (Å²) in [4.78, 5) is 39.0. The van der Waals surface area contributed by atoms with Crippen molar-refractivity contribution >= 4 is 23.3 Å². The van der Waals surface area contributed by atoms with E-state index in [4.69, 9.17) is 4.74 Å². The topological polar surface area (TPSA) is 75.7 Å². The smallest absolute Gasteiger partial charge is 0.224 e. The predicted octanol–water partition coefficient (Wildman–Crippen LogP) is 3.74. The molecule has 30 heavy (non-hydrogen) atoms. The van der Waals surface area contributed by atoms with Gasteiger partial charge in [-0.25, -0.2) is 0 Å². The van der Waals surface area contributed by atoms with Gasteiger partial charge in [0.25, 0.3) is 0 Å². The first-order valence-corrected chi connectivity index (χ1v) is 10.4. The van der Waals surface area contributed by atoms with Crippen molar-refractivity contribution in [2.24, 2.45) is 0 Å². The second kappa shape index (κ2) is 8.30. The monoisotopic (exact) mass is 406 g/mol. The molecule has 0 bridgehead atoms. The Kier molecular flexibility index (Phi) is 5.57. The molecular weight excluding hydrogens is 380 g/mol. The van der Waals surface area contributed by atoms with E-state index in [9.17, 15) is 14.4 Å². The zero-order valence-electron chi connectivity index (χ0n) is 17.1. The molecule has 0 aliphatic carbocycles. The van der Waals surface area contributed by atoms with Crippen LogP contribution in [-0.4, -0.2) is 41.2 Å². The van der Waals surface area contributed by atoms with Crippen LogP contribution in [0.4, 0.5) is 5.69 Å². The number of likely N-dealkylation sites (tertiary alicyclic amines) is 1. The average Bonchev–Trinajstić information content (AvgIpc) is 2.74. The number of anilines is 1. The molecule has 4 rings (SSSR count). The highest BCUT2D eigenvalue weighted by Crippen LogP contribution is 2.39. The van der Waals surface area contributed by atoms with Gasteiger partial charge in [-0.05, 0) is 31.2 Å². The van der Waals surface area contributed by atoms with E-state index < -0.39 is 5.60 Å². The number of hydrogen-bond acceptors (Lipinski definition) is 4. The van der Waals surface area contributed by atoms with Gasteiger partial charge in [0.05, 0.1) is 12.0 Å². The molecule has 2 aliphatic rings. The molecule has 0 saturated carbocycles. The molecule has 6 nitrogen and oxygen atoms in total. The first-order chi connectivity index (χ1) is 14.4. The maximum absolute atomic E-state index is 12.6. The van der Waals surface area contributed by atoms with Gasteiger partial charge in [0.2, 0.25) is 11.8 Å². The van der Waals surface area contributed by atoms with Gasteiger partial charge in [-0.15, -0.1) is 0 Å². The summed E-state index contributed by atoms with van der Waals surface area (Å²) >= 11 is 0. The minimum Gasteiger partial charge on any atom is -0.486 e. The number of carbonyl (C=O) groups is 3. The number of Topliss-reactive ketones (excluding diaryl/α,β-unsaturated/α-hetero) is 1. The summed E-state index contributed by atoms with van der Waals surface area (Å²) in [6.45, 7) is 3.06. The molecule has 0 atom stereocenters. The van der Waals surface area contributed by atoms with Crippen LogP contribution in [0.5, 0.6) is 5.75 Å². The fourth-order valence-electron chi connectivity index (χ4n) is 4.12. The molecule has 0 unspecified atom stereocenters. The standard InChI is InChI=1S/C24H26N2O4/c1-17-6-8-18(9-7-17)25-22(28)10-11-23(29)26-14-12-24(13-15-26)16-20(27)19-4-2-3-5-21(19)30-24/h2-9H,10-16H2,1H3,(H,25,28). The molecule has 156 valence electrons. The number of fused-ring (bicyclic) bond motifs is 1. The van der Waals surface area contributed by atoms with Crippen LogP contribution in [0.3, 0.4) is 0 Å². The molecule has 2 amide bonds. The number of ketones is 1. The summed E-state index contributed by atoms with van der Waals surface area (Å²) in [5.74, 6) is 0.538. The fourth-order valence-corrected chi connectivity index (χ4v) is 4.12. The minimum absolute atomic E-state index is 0.0357. The van der Waals surface area contributed by atoms with Gasteiger partial charge in [0.1, 0.15) is 11.4 Å². The van der Waals surface area contributed by atoms with Crippen molar-refractivity contribution in [3.63, 3.8) is 0 Å². The third-order valence-corrected chi connectivity index (χ3v) is 5.93. The van der Waals surface area contributed by atoms with Crippen LogP contribution in [0.25, 0.3) is 0 Å². The zero-order chi connectivity index (χ0) is 21.1. The number of para-hydroxylation sites is 1. The Bertz CT molecular complexity index is 959. The summed E-state index contributed by atoms with van der Waals surface area (Å²) in [5, 5.41) is 2.82. The predicted molar refractivity (Wildman–Crippen MR) is 114 cm³/mol. The van der Waals surface area contributed by atoms with Gasteiger partial charge in [-0.2, -0.15) is 0 Å². The Balaban J connectivity index is 1.27. The van der Waals surface area contributed by atoms with E-state index in [0.717, 1.165) is 11.3 Å². The quantitative estimate of drug-likeness (QED) is 0.839. The molecule has 2 aliphatic heterocycles. The van der Waals surface area contributed by atoms with Crippen molar-refractivity contribution in [3.05, 3.63) is 59.7 Å². The van der Waals surface area contributed by atoms with E-state index in [-0.39, 0.29) is 30.4 Å². The number of amides is 2. The Hall–Kier alpha value is -3.15. The molecule has 1 saturated heterocycles. The van der Waals surface area contributed by atoms with Crippen molar-refractivity contribution in [1.82, 2.24) is 4.90 Å². The summed E-state index contributed by atoms with van der Waals surface area (Å²) in [7, 11) is 0. The molecule has 1 spiro atoms. The van der Waals surface area contributed by atoms with Gasteiger partial charge in [-0.3, -0.25) is 14.4 Å². The largest absolute Gasteiger partial charge is 0.486 e. The molecule has 1 fully saturated rings. The highest BCUT2D eigenvalue weighted by Gasteiger charge is 2.43. The Morgan fingerprint density at radius 3 is 2.47 bits per heavy atom. The highest BCUT2D eigenvalue weighted by molar-refractivity contribution is 6.00. The average molecular weight is 406 g/mol. The number of nitrogens with zero attached hydrogens (tertiary/aromatic N) is 1. The Labute approximate surface area is 176 Å². The maximum atomic E-state index is 12.6. The van der Waals surface area contributed by atoms with Crippen LogP contribution < -0.4 is 10.1 Å². The van der Waals surface area contributed by atoms with Crippen LogP contribution in [0.15, 0.2) is 48.5 Å². The third-order valence-electron chi connectivity index (χ3n) is 5.93. The van der Waals surface area contributed by atoms with E-state index in [1.807, 2.05) is 49.4 Å². The summed E-state index contributed by atoms with van der Waals surface area (Å²) in [5.41, 5.74) is 1.97. The molecular formula is C24H26N2O4. The fraction of sp³-hybridized carbons (Fsp3) is 0.375. The maximum Gasteiger partial charge on any atom is 0.224 e. The minimum atomic E-state index is -0.523. The van der Waals surface area contributed by atoms with Crippen molar-refractivity contribution in [3.8, 4) is 5.75 Å². The van der Waals surface area contributed by atoms with E-state index >= 15 is 0 Å². The normalized spacial score (nSPS) is 17.2. The molecule has 6 heteroatoms. The first-order valence-electron chi connectivity index (χ1n) is 10.4. The van der Waals surface area contributed by atoms with Crippen molar-refractivity contribution < 1.29 is 19.1 Å². The van der Waals surface area contributed by atoms with E-state index in [2.05, 4.69) is 5.32 Å². The molecule has 2 aromatic carbocycles. The molecule has 2 heterocycles. The second-order valence-corrected chi connectivity index (χ2v) is 8.18. The molecule has 2 aromatic rings. The van der Waals surface area contributed by atoms with Gasteiger partial charge in [0.15, 0.2) is 5.78 Å². The van der Waals surface area contributed by atoms with Crippen LogP contribution in [0.2, 0.25) is 0 Å². The lowest BCUT2D eigenvalue weighted by molar-refractivity contribution is -0.136. The van der Waals surface area contributed by atoms with Gasteiger partial charge < -0.3 is 15.0 Å². The number of nitrogens with one attached hydrogen (secondary N) is 1. The number of benzene rings is 2. The highest BCUT2D eigenvalue weighted by atomic mass is 16.5. The number of aryl methyl sites for hydroxylation is 1. The lowest BCUT2D eigenvalue weighted by Crippen LogP contribution is -2.52. The van der Waals surface area contributed by atoms with Gasteiger partial charge in [0, 0.05) is 44.5 Å². The summed E-state index contributed by atoms with van der Waals surface area (Å²) < 4.78 is 6.21. The van der Waals surface area contributed by atoms with Crippen LogP contribution >= 0.6 is 0 Å². The Morgan fingerprint density at radius 1 is 1.03 bits per heavy atom. The van der Waals surface area contributed by atoms with Crippen molar-refractivity contribution in [1.29, 1.82) is 0 Å². The third kappa shape index (κ3) is 4.37. The zero-order valence-corrected chi connectivity index (χ0v) is 17.1. The lowest BCUT2D eigenvalue weighted by atomic mass is 9.82. The lowest BCUT2D eigenvalue weighted by Gasteiger charge is -2.44. The van der Waals surface area contributed by atoms with Gasteiger partial charge in [-0.1, -0.05) is 29.8 Å². The SMILES string of the molecule is Cc1ccc(NC(=O)CCC(=O)N2CCC3(CC2)CC(=O)c2ccccc2O3)cc1. The summed E-state index contributed by atoms with van der Waals surface area (Å²) in [6, 6.07) is 14.9. The van der Waals surface area contributed by atoms with E-state index in [1.54, 1.807) is 11.0 Å². The van der Waals surface area contributed by atoms with E-state index in [1.165, 1.54) is 0 Å². The molecule has 1 N–H and O–H groups in total. The van der Waals surface area contributed by atoms with Crippen molar-refractivity contribution in [2.45, 2.75) is 44.6 Å². The molecule has 0 radical (unpaired) electrons. The summed E-state index contributed by atoms with van der Waals surface area (Å²) in [6.07, 6.45) is 1.91. The van der Waals surface area contributed by atoms with Crippen LogP contribution in [0.1, 0.15) is 48.0 Å². The van der Waals surface area contributed by atoms with E-state index in [0.29, 0.717) is 43.7 Å². The number of piperidine rings is 1. The van der Waals surface area contributed by atoms with Crippen molar-refractivity contribution in [2.75, 3.05) is 18.4 Å². The number of hydrogen-bond donors (Lipinski definition) is 1. The van der Waals surface area contributed by atoms with Crippen LogP contribution in [-0.2, 0) is 9.59 Å².